The predicted octanol–water partition coefficient (Wildman–Crippen LogP) is 2.41. The summed E-state index contributed by atoms with van der Waals surface area (Å²) in [4.78, 5) is 45.6. The number of urea groups is 1. The number of amides is 4. The van der Waals surface area contributed by atoms with Crippen molar-refractivity contribution in [1.82, 2.24) is 15.1 Å². The summed E-state index contributed by atoms with van der Waals surface area (Å²) in [5, 5.41) is 2.51. The number of rotatable bonds is 3. The number of carbonyl (C=O) groups excluding carboxylic acids is 3. The van der Waals surface area contributed by atoms with Gasteiger partial charge < -0.3 is 4.90 Å². The Labute approximate surface area is 188 Å². The molecular weight excluding hydrogens is 404 g/mol. The largest absolute Gasteiger partial charge is 0.364 e. The first-order valence-electron chi connectivity index (χ1n) is 11.2. The van der Waals surface area contributed by atoms with Gasteiger partial charge in [-0.1, -0.05) is 48.5 Å². The van der Waals surface area contributed by atoms with Crippen molar-refractivity contribution in [3.63, 3.8) is 0 Å². The molecule has 2 unspecified atom stereocenters. The minimum Gasteiger partial charge on any atom is -0.364 e. The van der Waals surface area contributed by atoms with Crippen LogP contribution in [0.2, 0.25) is 0 Å². The van der Waals surface area contributed by atoms with Crippen LogP contribution in [0.4, 0.5) is 10.5 Å². The quantitative estimate of drug-likeness (QED) is 0.754. The van der Waals surface area contributed by atoms with Crippen molar-refractivity contribution in [3.8, 4) is 0 Å². The number of carbonyl (C=O) groups is 3. The van der Waals surface area contributed by atoms with Crippen LogP contribution in [0.5, 0.6) is 0 Å². The van der Waals surface area contributed by atoms with E-state index in [2.05, 4.69) is 33.3 Å². The summed E-state index contributed by atoms with van der Waals surface area (Å²) in [6.07, 6.45) is 0.296. The number of anilines is 1. The molecule has 3 heterocycles. The van der Waals surface area contributed by atoms with Gasteiger partial charge in [-0.25, -0.2) is 4.79 Å². The monoisotopic (exact) mass is 432 g/mol. The van der Waals surface area contributed by atoms with Crippen molar-refractivity contribution in [2.45, 2.75) is 38.9 Å². The van der Waals surface area contributed by atoms with Crippen LogP contribution in [-0.2, 0) is 22.6 Å². The van der Waals surface area contributed by atoms with Crippen molar-refractivity contribution in [1.29, 1.82) is 0 Å². The highest BCUT2D eigenvalue weighted by molar-refractivity contribution is 6.20. The number of para-hydroxylation sites is 1. The average Bonchev–Trinajstić information content (AvgIpc) is 2.78. The second-order valence-corrected chi connectivity index (χ2v) is 9.23. The lowest BCUT2D eigenvalue weighted by molar-refractivity contribution is -0.155. The van der Waals surface area contributed by atoms with Crippen LogP contribution < -0.4 is 10.2 Å². The second kappa shape index (κ2) is 7.74. The Morgan fingerprint density at radius 1 is 1.00 bits per heavy atom. The lowest BCUT2D eigenvalue weighted by atomic mass is 9.67. The molecule has 0 bridgehead atoms. The first kappa shape index (κ1) is 20.7. The van der Waals surface area contributed by atoms with Gasteiger partial charge in [0.2, 0.25) is 11.8 Å². The Bertz CT molecular complexity index is 1070. The maximum Gasteiger partial charge on any atom is 0.331 e. The standard InChI is InChI=1S/C25H28N4O3/c1-17(2)29-23(31)25(22(30)26-24(29)32)14-19-10-6-7-11-20(19)28-13-12-27(16-21(25)28)15-18-8-4-3-5-9-18/h3-11,17,21H,12-16H2,1-2H3,(H,26,30,32). The van der Waals surface area contributed by atoms with Gasteiger partial charge in [-0.3, -0.25) is 24.7 Å². The molecule has 0 radical (unpaired) electrons. The van der Waals surface area contributed by atoms with Crippen LogP contribution in [0.25, 0.3) is 0 Å². The molecule has 7 nitrogen and oxygen atoms in total. The molecule has 0 aromatic heterocycles. The smallest absolute Gasteiger partial charge is 0.331 e. The van der Waals surface area contributed by atoms with Gasteiger partial charge in [0, 0.05) is 37.9 Å². The van der Waals surface area contributed by atoms with E-state index in [0.717, 1.165) is 24.3 Å². The van der Waals surface area contributed by atoms with Crippen molar-refractivity contribution >= 4 is 23.5 Å². The summed E-state index contributed by atoms with van der Waals surface area (Å²) < 4.78 is 0. The van der Waals surface area contributed by atoms with Crippen LogP contribution in [-0.4, -0.2) is 59.4 Å². The fourth-order valence-electron chi connectivity index (χ4n) is 5.49. The van der Waals surface area contributed by atoms with Crippen LogP contribution in [0.15, 0.2) is 54.6 Å². The summed E-state index contributed by atoms with van der Waals surface area (Å²) in [5.41, 5.74) is 1.92. The molecule has 2 saturated heterocycles. The molecule has 0 aliphatic carbocycles. The zero-order valence-electron chi connectivity index (χ0n) is 18.5. The number of hydrogen-bond donors (Lipinski definition) is 1. The average molecular weight is 433 g/mol. The summed E-state index contributed by atoms with van der Waals surface area (Å²) in [6, 6.07) is 16.9. The molecular formula is C25H28N4O3. The normalized spacial score (nSPS) is 25.7. The molecule has 1 spiro atoms. The van der Waals surface area contributed by atoms with E-state index < -0.39 is 17.4 Å². The van der Waals surface area contributed by atoms with Gasteiger partial charge in [0.05, 0.1) is 6.04 Å². The number of barbiturate groups is 1. The van der Waals surface area contributed by atoms with Crippen LogP contribution in [0.1, 0.15) is 25.0 Å². The summed E-state index contributed by atoms with van der Waals surface area (Å²) >= 11 is 0. The third-order valence-electron chi connectivity index (χ3n) is 7.01. The van der Waals surface area contributed by atoms with Gasteiger partial charge in [-0.15, -0.1) is 0 Å². The number of nitrogens with zero attached hydrogens (tertiary/aromatic N) is 3. The van der Waals surface area contributed by atoms with Crippen molar-refractivity contribution in [3.05, 3.63) is 65.7 Å². The van der Waals surface area contributed by atoms with E-state index in [-0.39, 0.29) is 18.0 Å². The number of hydrogen-bond acceptors (Lipinski definition) is 5. The minimum absolute atomic E-state index is 0.296. The fraction of sp³-hybridized carbons (Fsp3) is 0.400. The summed E-state index contributed by atoms with van der Waals surface area (Å²) in [5.74, 6) is -0.859. The molecule has 2 atom stereocenters. The molecule has 166 valence electrons. The molecule has 0 saturated carbocycles. The third-order valence-corrected chi connectivity index (χ3v) is 7.01. The van der Waals surface area contributed by atoms with Crippen molar-refractivity contribution in [2.75, 3.05) is 24.5 Å². The molecule has 3 aliphatic heterocycles. The molecule has 7 heteroatoms. The Balaban J connectivity index is 1.57. The highest BCUT2D eigenvalue weighted by atomic mass is 16.2. The van der Waals surface area contributed by atoms with Crippen molar-refractivity contribution < 1.29 is 14.4 Å². The fourth-order valence-corrected chi connectivity index (χ4v) is 5.49. The topological polar surface area (TPSA) is 73.0 Å². The third kappa shape index (κ3) is 3.11. The first-order chi connectivity index (χ1) is 15.4. The van der Waals surface area contributed by atoms with Gasteiger partial charge >= 0.3 is 6.03 Å². The number of fused-ring (bicyclic) bond motifs is 4. The van der Waals surface area contributed by atoms with E-state index in [1.807, 2.05) is 36.4 Å². The Kier molecular flexibility index (Phi) is 5.01. The van der Waals surface area contributed by atoms with E-state index in [1.54, 1.807) is 13.8 Å². The van der Waals surface area contributed by atoms with Gasteiger partial charge in [0.25, 0.3) is 0 Å². The number of benzene rings is 2. The van der Waals surface area contributed by atoms with E-state index in [1.165, 1.54) is 10.5 Å². The molecule has 1 N–H and O–H groups in total. The molecule has 32 heavy (non-hydrogen) atoms. The molecule has 2 aromatic rings. The maximum atomic E-state index is 13.9. The summed E-state index contributed by atoms with van der Waals surface area (Å²) in [6.45, 7) is 6.48. The summed E-state index contributed by atoms with van der Waals surface area (Å²) in [7, 11) is 0. The van der Waals surface area contributed by atoms with E-state index in [9.17, 15) is 14.4 Å². The molecule has 5 rings (SSSR count). The van der Waals surface area contributed by atoms with E-state index in [0.29, 0.717) is 19.5 Å². The lowest BCUT2D eigenvalue weighted by Gasteiger charge is -2.55. The van der Waals surface area contributed by atoms with Crippen LogP contribution in [0, 0.1) is 5.41 Å². The SMILES string of the molecule is CC(C)N1C(=O)NC(=O)C2(Cc3ccccc3N3CCN(Cc4ccccc4)CC32)C1=O. The zero-order valence-corrected chi connectivity index (χ0v) is 18.5. The number of imide groups is 2. The Morgan fingerprint density at radius 2 is 1.72 bits per heavy atom. The van der Waals surface area contributed by atoms with Gasteiger partial charge in [0.15, 0.2) is 5.41 Å². The lowest BCUT2D eigenvalue weighted by Crippen LogP contribution is -2.75. The molecule has 4 amide bonds. The molecule has 2 aromatic carbocycles. The highest BCUT2D eigenvalue weighted by Gasteiger charge is 2.63. The van der Waals surface area contributed by atoms with Gasteiger partial charge in [0.1, 0.15) is 0 Å². The first-order valence-corrected chi connectivity index (χ1v) is 11.2. The molecule has 2 fully saturated rings. The Hall–Kier alpha value is -3.19. The molecule has 3 aliphatic rings. The minimum atomic E-state index is -1.33. The predicted molar refractivity (Wildman–Crippen MR) is 121 cm³/mol. The highest BCUT2D eigenvalue weighted by Crippen LogP contribution is 2.46. The number of piperazine rings is 1. The van der Waals surface area contributed by atoms with E-state index >= 15 is 0 Å². The van der Waals surface area contributed by atoms with Crippen LogP contribution in [0.3, 0.4) is 0 Å². The Morgan fingerprint density at radius 3 is 2.47 bits per heavy atom. The zero-order chi connectivity index (χ0) is 22.5. The van der Waals surface area contributed by atoms with Gasteiger partial charge in [-0.05, 0) is 37.5 Å². The second-order valence-electron chi connectivity index (χ2n) is 9.23. The van der Waals surface area contributed by atoms with E-state index in [4.69, 9.17) is 0 Å². The number of nitrogens with one attached hydrogen (secondary N) is 1. The van der Waals surface area contributed by atoms with Gasteiger partial charge in [-0.2, -0.15) is 0 Å². The maximum absolute atomic E-state index is 13.9. The van der Waals surface area contributed by atoms with Crippen LogP contribution >= 0.6 is 0 Å². The van der Waals surface area contributed by atoms with Crippen molar-refractivity contribution in [2.24, 2.45) is 5.41 Å².